The molecular weight excluding hydrogens is 184 g/mol. The summed E-state index contributed by atoms with van der Waals surface area (Å²) in [5.74, 6) is 0. The van der Waals surface area contributed by atoms with Crippen LogP contribution in [0.15, 0.2) is 0 Å². The summed E-state index contributed by atoms with van der Waals surface area (Å²) in [6.07, 6.45) is 5.39. The Morgan fingerprint density at radius 3 is 2.53 bits per heavy atom. The summed E-state index contributed by atoms with van der Waals surface area (Å²) >= 11 is 0. The predicted molar refractivity (Wildman–Crippen MR) is 65.1 cm³/mol. The number of hydrogen-bond acceptors (Lipinski definition) is 2. The van der Waals surface area contributed by atoms with Crippen LogP contribution in [0.5, 0.6) is 0 Å². The van der Waals surface area contributed by atoms with Crippen LogP contribution in [-0.2, 0) is 0 Å². The molecule has 2 aliphatic rings. The summed E-state index contributed by atoms with van der Waals surface area (Å²) in [6.45, 7) is 12.2. The Labute approximate surface area is 94.4 Å². The first kappa shape index (κ1) is 11.4. The van der Waals surface area contributed by atoms with Gasteiger partial charge in [-0.2, -0.15) is 0 Å². The van der Waals surface area contributed by atoms with Gasteiger partial charge in [-0.05, 0) is 44.2 Å². The molecule has 0 aromatic rings. The van der Waals surface area contributed by atoms with Crippen LogP contribution in [-0.4, -0.2) is 36.6 Å². The van der Waals surface area contributed by atoms with E-state index in [9.17, 15) is 0 Å². The van der Waals surface area contributed by atoms with Crippen molar-refractivity contribution in [1.29, 1.82) is 0 Å². The summed E-state index contributed by atoms with van der Waals surface area (Å²) < 4.78 is 0. The number of nitrogens with zero attached hydrogens (tertiary/aromatic N) is 1. The van der Waals surface area contributed by atoms with E-state index in [4.69, 9.17) is 0 Å². The molecule has 2 heterocycles. The van der Waals surface area contributed by atoms with E-state index in [1.807, 2.05) is 0 Å². The van der Waals surface area contributed by atoms with Gasteiger partial charge >= 0.3 is 0 Å². The van der Waals surface area contributed by atoms with Gasteiger partial charge in [-0.3, -0.25) is 0 Å². The lowest BCUT2D eigenvalue weighted by atomic mass is 9.92. The average molecular weight is 210 g/mol. The molecular formula is C13H26N2. The van der Waals surface area contributed by atoms with Gasteiger partial charge in [0.15, 0.2) is 0 Å². The molecule has 0 amide bonds. The Kier molecular flexibility index (Phi) is 3.09. The Balaban J connectivity index is 1.91. The first-order valence-electron chi connectivity index (χ1n) is 6.53. The Hall–Kier alpha value is -0.0800. The molecule has 0 aromatic heterocycles. The number of rotatable bonds is 3. The maximum atomic E-state index is 3.73. The number of likely N-dealkylation sites (tertiary alicyclic amines) is 1. The maximum Gasteiger partial charge on any atom is 0.0306 e. The third-order valence-electron chi connectivity index (χ3n) is 4.29. The fraction of sp³-hybridized carbons (Fsp3) is 1.00. The first-order chi connectivity index (χ1) is 7.05. The molecule has 0 bridgehead atoms. The van der Waals surface area contributed by atoms with Crippen molar-refractivity contribution in [3.8, 4) is 0 Å². The molecule has 15 heavy (non-hydrogen) atoms. The van der Waals surface area contributed by atoms with E-state index in [1.165, 1.54) is 51.9 Å². The molecule has 2 saturated heterocycles. The molecule has 1 unspecified atom stereocenters. The molecule has 1 N–H and O–H groups in total. The van der Waals surface area contributed by atoms with Gasteiger partial charge in [-0.25, -0.2) is 0 Å². The van der Waals surface area contributed by atoms with E-state index >= 15 is 0 Å². The van der Waals surface area contributed by atoms with Gasteiger partial charge in [0.25, 0.3) is 0 Å². The van der Waals surface area contributed by atoms with Crippen LogP contribution in [0.3, 0.4) is 0 Å². The summed E-state index contributed by atoms with van der Waals surface area (Å²) in [7, 11) is 0. The highest BCUT2D eigenvalue weighted by molar-refractivity contribution is 4.96. The summed E-state index contributed by atoms with van der Waals surface area (Å²) in [6, 6.07) is 0. The second-order valence-electron chi connectivity index (χ2n) is 6.29. The van der Waals surface area contributed by atoms with Crippen LogP contribution >= 0.6 is 0 Å². The first-order valence-corrected chi connectivity index (χ1v) is 6.53. The van der Waals surface area contributed by atoms with Crippen LogP contribution < -0.4 is 5.32 Å². The van der Waals surface area contributed by atoms with Crippen LogP contribution in [0.1, 0.15) is 46.5 Å². The van der Waals surface area contributed by atoms with Crippen molar-refractivity contribution in [2.45, 2.75) is 52.0 Å². The van der Waals surface area contributed by atoms with E-state index in [2.05, 4.69) is 31.0 Å². The van der Waals surface area contributed by atoms with Crippen molar-refractivity contribution in [2.24, 2.45) is 5.41 Å². The monoisotopic (exact) mass is 210 g/mol. The molecule has 2 nitrogen and oxygen atoms in total. The van der Waals surface area contributed by atoms with Gasteiger partial charge in [0.05, 0.1) is 0 Å². The average Bonchev–Trinajstić information content (AvgIpc) is 2.75. The lowest BCUT2D eigenvalue weighted by molar-refractivity contribution is 0.203. The van der Waals surface area contributed by atoms with E-state index in [0.29, 0.717) is 11.0 Å². The van der Waals surface area contributed by atoms with Gasteiger partial charge in [-0.15, -0.1) is 0 Å². The van der Waals surface area contributed by atoms with Crippen molar-refractivity contribution in [2.75, 3.05) is 26.2 Å². The highest BCUT2D eigenvalue weighted by Crippen LogP contribution is 2.32. The van der Waals surface area contributed by atoms with Crippen molar-refractivity contribution in [3.05, 3.63) is 0 Å². The quantitative estimate of drug-likeness (QED) is 0.768. The fourth-order valence-corrected chi connectivity index (χ4v) is 3.20. The highest BCUT2D eigenvalue weighted by atomic mass is 15.2. The molecule has 0 aliphatic carbocycles. The van der Waals surface area contributed by atoms with Crippen molar-refractivity contribution in [1.82, 2.24) is 10.2 Å². The van der Waals surface area contributed by atoms with Gasteiger partial charge in [0.2, 0.25) is 0 Å². The minimum Gasteiger partial charge on any atom is -0.310 e. The van der Waals surface area contributed by atoms with Crippen LogP contribution in [0.25, 0.3) is 0 Å². The smallest absolute Gasteiger partial charge is 0.0306 e. The molecule has 2 heteroatoms. The minimum absolute atomic E-state index is 0.445. The third-order valence-corrected chi connectivity index (χ3v) is 4.29. The van der Waals surface area contributed by atoms with E-state index in [1.54, 1.807) is 0 Å². The molecule has 2 aliphatic heterocycles. The number of hydrogen-bond donors (Lipinski definition) is 1. The molecule has 0 saturated carbocycles. The van der Waals surface area contributed by atoms with Gasteiger partial charge in [0, 0.05) is 18.6 Å². The lowest BCUT2D eigenvalue weighted by Gasteiger charge is -2.33. The topological polar surface area (TPSA) is 15.3 Å². The molecule has 0 aromatic carbocycles. The van der Waals surface area contributed by atoms with Crippen LogP contribution in [0.2, 0.25) is 0 Å². The molecule has 88 valence electrons. The normalized spacial score (nSPS) is 36.2. The number of nitrogens with one attached hydrogen (secondary N) is 1. The van der Waals surface area contributed by atoms with Crippen molar-refractivity contribution >= 4 is 0 Å². The Bertz CT molecular complexity index is 217. The predicted octanol–water partition coefficient (Wildman–Crippen LogP) is 2.25. The Morgan fingerprint density at radius 2 is 2.07 bits per heavy atom. The maximum absolute atomic E-state index is 3.73. The SMILES string of the molecule is CCC1(CN2CCC(C)(C)C2)CCCN1. The highest BCUT2D eigenvalue weighted by Gasteiger charge is 2.37. The molecule has 0 spiro atoms. The molecule has 2 rings (SSSR count). The summed E-state index contributed by atoms with van der Waals surface area (Å²) in [5.41, 5.74) is 0.994. The second kappa shape index (κ2) is 4.06. The van der Waals surface area contributed by atoms with Gasteiger partial charge in [0.1, 0.15) is 0 Å². The zero-order chi connectivity index (χ0) is 10.9. The summed E-state index contributed by atoms with van der Waals surface area (Å²) in [5, 5.41) is 3.73. The second-order valence-corrected chi connectivity index (χ2v) is 6.29. The van der Waals surface area contributed by atoms with Crippen molar-refractivity contribution < 1.29 is 0 Å². The summed E-state index contributed by atoms with van der Waals surface area (Å²) in [4.78, 5) is 2.67. The largest absolute Gasteiger partial charge is 0.310 e. The van der Waals surface area contributed by atoms with E-state index in [0.717, 1.165) is 0 Å². The zero-order valence-electron chi connectivity index (χ0n) is 10.6. The zero-order valence-corrected chi connectivity index (χ0v) is 10.6. The van der Waals surface area contributed by atoms with Gasteiger partial charge in [-0.1, -0.05) is 20.8 Å². The molecule has 2 fully saturated rings. The van der Waals surface area contributed by atoms with Crippen LogP contribution in [0.4, 0.5) is 0 Å². The Morgan fingerprint density at radius 1 is 1.27 bits per heavy atom. The van der Waals surface area contributed by atoms with E-state index in [-0.39, 0.29) is 0 Å². The lowest BCUT2D eigenvalue weighted by Crippen LogP contribution is -2.49. The molecule has 1 atom stereocenters. The van der Waals surface area contributed by atoms with Crippen LogP contribution in [0, 0.1) is 5.41 Å². The fourth-order valence-electron chi connectivity index (χ4n) is 3.20. The molecule has 0 radical (unpaired) electrons. The van der Waals surface area contributed by atoms with Crippen molar-refractivity contribution in [3.63, 3.8) is 0 Å². The van der Waals surface area contributed by atoms with E-state index < -0.39 is 0 Å². The third kappa shape index (κ3) is 2.54. The van der Waals surface area contributed by atoms with Gasteiger partial charge < -0.3 is 10.2 Å². The minimum atomic E-state index is 0.445. The standard InChI is InChI=1S/C13H26N2/c1-4-13(6-5-8-14-13)11-15-9-7-12(2,3)10-15/h14H,4-11H2,1-3H3.